The summed E-state index contributed by atoms with van der Waals surface area (Å²) in [5.74, 6) is -2.30. The molecule has 0 radical (unpaired) electrons. The second kappa shape index (κ2) is 16.4. The van der Waals surface area contributed by atoms with E-state index >= 15 is 0 Å². The van der Waals surface area contributed by atoms with Gasteiger partial charge in [0.15, 0.2) is 0 Å². The third-order valence-corrected chi connectivity index (χ3v) is 4.23. The molecule has 0 spiro atoms. The summed E-state index contributed by atoms with van der Waals surface area (Å²) < 4.78 is 9.67. The van der Waals surface area contributed by atoms with Crippen molar-refractivity contribution in [1.29, 1.82) is 0 Å². The summed E-state index contributed by atoms with van der Waals surface area (Å²) in [6, 6.07) is 9.00. The Bertz CT molecular complexity index is 980. The Morgan fingerprint density at radius 2 is 1.09 bits per heavy atom. The number of hydrogen-bond donors (Lipinski definition) is 4. The molecule has 0 aromatic heterocycles. The monoisotopic (exact) mass is 548 g/mol. The molecular weight excluding hydrogens is 523 g/mol. The number of anilines is 4. The zero-order valence-corrected chi connectivity index (χ0v) is 21.4. The number of esters is 2. The number of benzene rings is 2. The summed E-state index contributed by atoms with van der Waals surface area (Å²) in [7, 11) is 0. The molecule has 13 heteroatoms. The van der Waals surface area contributed by atoms with Gasteiger partial charge in [0.2, 0.25) is 11.8 Å². The first kappa shape index (κ1) is 31.8. The molecule has 35 heavy (non-hydrogen) atoms. The Kier molecular flexibility index (Phi) is 14.9. The second-order valence-electron chi connectivity index (χ2n) is 6.49. The molecule has 0 saturated heterocycles. The third kappa shape index (κ3) is 11.7. The van der Waals surface area contributed by atoms with Crippen molar-refractivity contribution in [3.05, 3.63) is 47.5 Å². The summed E-state index contributed by atoms with van der Waals surface area (Å²) >= 11 is 10.8. The fraction of sp³-hybridized carbons (Fsp3) is 0.273. The number of nitrogen functional groups attached to an aromatic ring is 2. The number of halogens is 3. The molecule has 6 N–H and O–H groups in total. The predicted molar refractivity (Wildman–Crippen MR) is 140 cm³/mol. The van der Waals surface area contributed by atoms with Crippen LogP contribution in [0.4, 0.5) is 22.7 Å². The highest BCUT2D eigenvalue weighted by Gasteiger charge is 2.12. The number of carbonyl (C=O) groups is 4. The summed E-state index contributed by atoms with van der Waals surface area (Å²) in [6.45, 7) is 3.97. The maximum absolute atomic E-state index is 11.8. The molecule has 0 aliphatic carbocycles. The van der Waals surface area contributed by atoms with Gasteiger partial charge in [-0.25, -0.2) is 9.59 Å². The molecule has 10 nitrogen and oxygen atoms in total. The lowest BCUT2D eigenvalue weighted by Gasteiger charge is -2.10. The van der Waals surface area contributed by atoms with Crippen molar-refractivity contribution in [3.63, 3.8) is 0 Å². The van der Waals surface area contributed by atoms with Gasteiger partial charge in [-0.15, -0.1) is 35.6 Å². The molecule has 2 aromatic carbocycles. The highest BCUT2D eigenvalue weighted by atomic mass is 35.5. The van der Waals surface area contributed by atoms with Crippen LogP contribution in [0.5, 0.6) is 0 Å². The Morgan fingerprint density at radius 3 is 1.43 bits per heavy atom. The smallest absolute Gasteiger partial charge is 0.338 e. The molecule has 0 fully saturated rings. The van der Waals surface area contributed by atoms with E-state index in [0.29, 0.717) is 34.9 Å². The van der Waals surface area contributed by atoms with Crippen LogP contribution in [0, 0.1) is 0 Å². The largest absolute Gasteiger partial charge is 0.462 e. The van der Waals surface area contributed by atoms with E-state index in [1.165, 1.54) is 30.3 Å². The van der Waals surface area contributed by atoms with Crippen molar-refractivity contribution in [2.75, 3.05) is 47.1 Å². The first-order chi connectivity index (χ1) is 16.1. The van der Waals surface area contributed by atoms with Crippen LogP contribution in [0.15, 0.2) is 36.4 Å². The molecule has 2 amide bonds. The number of nitrogens with one attached hydrogen (secondary N) is 2. The van der Waals surface area contributed by atoms with Crippen molar-refractivity contribution < 1.29 is 28.7 Å². The van der Waals surface area contributed by atoms with E-state index < -0.39 is 23.8 Å². The number of alkyl halides is 2. The zero-order valence-electron chi connectivity index (χ0n) is 19.1. The van der Waals surface area contributed by atoms with Gasteiger partial charge in [0, 0.05) is 22.7 Å². The minimum Gasteiger partial charge on any atom is -0.462 e. The lowest BCUT2D eigenvalue weighted by Crippen LogP contribution is -2.16. The third-order valence-electron chi connectivity index (χ3n) is 3.74. The van der Waals surface area contributed by atoms with Gasteiger partial charge >= 0.3 is 11.9 Å². The molecule has 0 unspecified atom stereocenters. The SMILES string of the molecule is CCOC(=O)c1cc(N)cc(N)c1.CCOC(=O)c1cc(NC(=O)CCl)cc(NC(=O)CCl)c1.Cl. The fourth-order valence-corrected chi connectivity index (χ4v) is 2.64. The van der Waals surface area contributed by atoms with E-state index in [9.17, 15) is 19.2 Å². The normalized spacial score (nSPS) is 9.49. The molecule has 2 rings (SSSR count). The molecule has 0 aliphatic heterocycles. The van der Waals surface area contributed by atoms with Gasteiger partial charge in [0.05, 0.1) is 24.3 Å². The van der Waals surface area contributed by atoms with Crippen LogP contribution in [-0.2, 0) is 19.1 Å². The van der Waals surface area contributed by atoms with Crippen LogP contribution >= 0.6 is 35.6 Å². The Morgan fingerprint density at radius 1 is 0.714 bits per heavy atom. The average Bonchev–Trinajstić information content (AvgIpc) is 2.78. The maximum Gasteiger partial charge on any atom is 0.338 e. The minimum atomic E-state index is -0.569. The zero-order chi connectivity index (χ0) is 25.7. The van der Waals surface area contributed by atoms with Crippen LogP contribution in [-0.4, -0.2) is 48.7 Å². The molecule has 192 valence electrons. The second-order valence-corrected chi connectivity index (χ2v) is 7.03. The highest BCUT2D eigenvalue weighted by Crippen LogP contribution is 2.20. The van der Waals surface area contributed by atoms with Gasteiger partial charge in [-0.2, -0.15) is 0 Å². The summed E-state index contributed by atoms with van der Waals surface area (Å²) in [5.41, 5.74) is 13.1. The van der Waals surface area contributed by atoms with Gasteiger partial charge in [-0.05, 0) is 50.2 Å². The van der Waals surface area contributed by atoms with Crippen LogP contribution in [0.1, 0.15) is 34.6 Å². The van der Waals surface area contributed by atoms with Crippen molar-refractivity contribution in [1.82, 2.24) is 0 Å². The Hall–Kier alpha value is -3.21. The lowest BCUT2D eigenvalue weighted by molar-refractivity contribution is -0.114. The summed E-state index contributed by atoms with van der Waals surface area (Å²) in [5, 5.41) is 5.00. The van der Waals surface area contributed by atoms with Crippen LogP contribution < -0.4 is 22.1 Å². The average molecular weight is 550 g/mol. The first-order valence-electron chi connectivity index (χ1n) is 10.00. The molecule has 0 saturated carbocycles. The molecular formula is C22H27Cl3N4O6. The number of amides is 2. The number of hydrogen-bond acceptors (Lipinski definition) is 8. The molecule has 2 aromatic rings. The van der Waals surface area contributed by atoms with E-state index in [1.807, 2.05) is 0 Å². The lowest BCUT2D eigenvalue weighted by atomic mass is 10.1. The van der Waals surface area contributed by atoms with Crippen molar-refractivity contribution >= 4 is 82.1 Å². The van der Waals surface area contributed by atoms with Crippen LogP contribution in [0.3, 0.4) is 0 Å². The van der Waals surface area contributed by atoms with Crippen LogP contribution in [0.25, 0.3) is 0 Å². The van der Waals surface area contributed by atoms with Gasteiger partial charge < -0.3 is 31.6 Å². The first-order valence-corrected chi connectivity index (χ1v) is 11.1. The molecule has 0 heterocycles. The van der Waals surface area contributed by atoms with Crippen molar-refractivity contribution in [2.45, 2.75) is 13.8 Å². The van der Waals surface area contributed by atoms with E-state index in [1.54, 1.807) is 19.9 Å². The molecule has 0 atom stereocenters. The molecule has 0 bridgehead atoms. The van der Waals surface area contributed by atoms with Crippen molar-refractivity contribution in [3.8, 4) is 0 Å². The van der Waals surface area contributed by atoms with E-state index in [4.69, 9.17) is 44.1 Å². The van der Waals surface area contributed by atoms with E-state index in [-0.39, 0.29) is 36.3 Å². The van der Waals surface area contributed by atoms with Gasteiger partial charge in [0.1, 0.15) is 11.8 Å². The topological polar surface area (TPSA) is 163 Å². The number of carbonyl (C=O) groups excluding carboxylic acids is 4. The summed E-state index contributed by atoms with van der Waals surface area (Å²) in [4.78, 5) is 45.6. The highest BCUT2D eigenvalue weighted by molar-refractivity contribution is 6.29. The van der Waals surface area contributed by atoms with Gasteiger partial charge in [-0.1, -0.05) is 0 Å². The van der Waals surface area contributed by atoms with Crippen LogP contribution in [0.2, 0.25) is 0 Å². The quantitative estimate of drug-likeness (QED) is 0.220. The number of nitrogens with two attached hydrogens (primary N) is 2. The standard InChI is InChI=1S/C13H14Cl2N2O4.C9H12N2O2.ClH/c1-2-21-13(20)8-3-9(16-11(18)6-14)5-10(4-8)17-12(19)7-15;1-2-13-9(12)6-3-7(10)5-8(11)4-6;/h3-5H,2,6-7H2,1H3,(H,16,18)(H,17,19);3-5H,2,10-11H2,1H3;1H. The van der Waals surface area contributed by atoms with E-state index in [0.717, 1.165) is 0 Å². The van der Waals surface area contributed by atoms with Gasteiger partial charge in [0.25, 0.3) is 0 Å². The van der Waals surface area contributed by atoms with E-state index in [2.05, 4.69) is 10.6 Å². The number of rotatable bonds is 8. The Labute approximate surface area is 219 Å². The Balaban J connectivity index is 0.000000711. The molecule has 0 aliphatic rings. The predicted octanol–water partition coefficient (Wildman–Crippen LogP) is 3.67. The van der Waals surface area contributed by atoms with Gasteiger partial charge in [-0.3, -0.25) is 9.59 Å². The fourth-order valence-electron chi connectivity index (χ4n) is 2.50. The summed E-state index contributed by atoms with van der Waals surface area (Å²) in [6.07, 6.45) is 0. The minimum absolute atomic E-state index is 0. The number of ether oxygens (including phenoxy) is 2. The maximum atomic E-state index is 11.8. The van der Waals surface area contributed by atoms with Crippen molar-refractivity contribution in [2.24, 2.45) is 0 Å².